The van der Waals surface area contributed by atoms with Gasteiger partial charge in [-0.25, -0.2) is 0 Å². The molecule has 6 heteroatoms. The van der Waals surface area contributed by atoms with Crippen molar-refractivity contribution in [1.29, 1.82) is 0 Å². The zero-order valence-corrected chi connectivity index (χ0v) is 30.2. The first-order chi connectivity index (χ1) is 20.3. The Balaban J connectivity index is 0.00000221. The summed E-state index contributed by atoms with van der Waals surface area (Å²) in [6.45, 7) is 9.19. The van der Waals surface area contributed by atoms with Gasteiger partial charge in [-0.3, -0.25) is 0 Å². The molecular formula is C38H34Cl2F2SiZr. The second kappa shape index (κ2) is 14.6. The summed E-state index contributed by atoms with van der Waals surface area (Å²) < 4.78 is 32.0. The van der Waals surface area contributed by atoms with E-state index in [2.05, 4.69) is 101 Å². The fraction of sp³-hybridized carbons (Fsp3) is 0.158. The minimum atomic E-state index is -2.78. The van der Waals surface area contributed by atoms with Crippen LogP contribution in [0.1, 0.15) is 38.8 Å². The van der Waals surface area contributed by atoms with E-state index >= 15 is 0 Å². The molecule has 6 rings (SSSR count). The van der Waals surface area contributed by atoms with Crippen molar-refractivity contribution < 1.29 is 54.0 Å². The van der Waals surface area contributed by atoms with Gasteiger partial charge in [-0.15, -0.1) is 0 Å². The monoisotopic (exact) mass is 716 g/mol. The molecule has 4 aromatic rings. The molecule has 44 heavy (non-hydrogen) atoms. The van der Waals surface area contributed by atoms with Crippen LogP contribution in [0.3, 0.4) is 0 Å². The Kier molecular flexibility index (Phi) is 11.4. The van der Waals surface area contributed by atoms with Crippen LogP contribution in [-0.4, -0.2) is 5.43 Å². The fourth-order valence-electron chi connectivity index (χ4n) is 6.74. The van der Waals surface area contributed by atoms with E-state index < -0.39 is 25.8 Å². The van der Waals surface area contributed by atoms with Crippen LogP contribution >= 0.6 is 0 Å². The second-order valence-corrected chi connectivity index (χ2v) is 24.4. The third kappa shape index (κ3) is 6.65. The molecule has 0 nitrogen and oxygen atoms in total. The number of benzene rings is 4. The van der Waals surface area contributed by atoms with Gasteiger partial charge in [0.15, 0.2) is 0 Å². The summed E-state index contributed by atoms with van der Waals surface area (Å²) in [7, 11) is 0. The zero-order chi connectivity index (χ0) is 29.4. The van der Waals surface area contributed by atoms with E-state index in [4.69, 9.17) is 0 Å². The van der Waals surface area contributed by atoms with Crippen molar-refractivity contribution >= 4 is 27.0 Å². The van der Waals surface area contributed by atoms with Gasteiger partial charge >= 0.3 is 257 Å². The predicted molar refractivity (Wildman–Crippen MR) is 170 cm³/mol. The Bertz CT molecular complexity index is 1710. The van der Waals surface area contributed by atoms with Crippen molar-refractivity contribution in [2.75, 3.05) is 0 Å². The molecule has 0 amide bonds. The molecule has 0 N–H and O–H groups in total. The third-order valence-corrected chi connectivity index (χ3v) is 28.7. The second-order valence-electron chi connectivity index (χ2n) is 11.3. The molecule has 0 spiro atoms. The van der Waals surface area contributed by atoms with Crippen molar-refractivity contribution in [3.8, 4) is 0 Å². The number of hydrogen-bond acceptors (Lipinski definition) is 0. The molecule has 2 aliphatic carbocycles. The van der Waals surface area contributed by atoms with Crippen LogP contribution in [0.25, 0.3) is 11.1 Å². The van der Waals surface area contributed by atoms with Crippen LogP contribution in [-0.2, 0) is 20.4 Å². The average molecular weight is 719 g/mol. The van der Waals surface area contributed by atoms with Gasteiger partial charge in [-0.05, 0) is 0 Å². The predicted octanol–water partition coefficient (Wildman–Crippen LogP) is 2.71. The molecule has 0 saturated carbocycles. The normalized spacial score (nSPS) is 17.3. The first-order valence-electron chi connectivity index (χ1n) is 14.6. The molecule has 0 radical (unpaired) electrons. The molecule has 0 heterocycles. The quantitative estimate of drug-likeness (QED) is 0.270. The van der Waals surface area contributed by atoms with Crippen LogP contribution in [0.2, 0.25) is 0 Å². The van der Waals surface area contributed by atoms with Gasteiger partial charge < -0.3 is 24.8 Å². The van der Waals surface area contributed by atoms with E-state index in [-0.39, 0.29) is 48.3 Å². The van der Waals surface area contributed by atoms with Gasteiger partial charge in [0.25, 0.3) is 0 Å². The molecule has 2 unspecified atom stereocenters. The molecule has 4 aromatic carbocycles. The van der Waals surface area contributed by atoms with E-state index in [0.29, 0.717) is 0 Å². The average Bonchev–Trinajstić information content (AvgIpc) is 3.46. The molecule has 0 fully saturated rings. The Hall–Kier alpha value is -2.62. The Morgan fingerprint density at radius 3 is 1.30 bits per heavy atom. The van der Waals surface area contributed by atoms with Gasteiger partial charge in [-0.1, -0.05) is 0 Å². The van der Waals surface area contributed by atoms with Crippen LogP contribution in [0.15, 0.2) is 139 Å². The van der Waals surface area contributed by atoms with E-state index in [0.717, 1.165) is 11.1 Å². The van der Waals surface area contributed by atoms with Gasteiger partial charge in [0, 0.05) is 0 Å². The SMILES string of the molecule is CC1=[C]([Zr+2]([C]2=C(C)C(c3cccc(F)c3)=CC2C)=[Si](c2ccccc2)c2ccccc2)C(C)C=C1c1cccc(F)c1.[Cl-].[Cl-]. The molecule has 0 aliphatic heterocycles. The third-order valence-electron chi connectivity index (χ3n) is 8.54. The van der Waals surface area contributed by atoms with Crippen molar-refractivity contribution in [2.24, 2.45) is 11.8 Å². The molecule has 2 aliphatic rings. The maximum Gasteiger partial charge on any atom is -1.00 e. The summed E-state index contributed by atoms with van der Waals surface area (Å²) in [5.41, 5.74) is 5.69. The summed E-state index contributed by atoms with van der Waals surface area (Å²) >= 11 is -2.78. The molecule has 0 saturated heterocycles. The maximum absolute atomic E-state index is 14.4. The molecular weight excluding hydrogens is 685 g/mol. The Morgan fingerprint density at radius 1 is 0.545 bits per heavy atom. The summed E-state index contributed by atoms with van der Waals surface area (Å²) in [5.74, 6) is 0.143. The van der Waals surface area contributed by atoms with E-state index in [9.17, 15) is 8.78 Å². The summed E-state index contributed by atoms with van der Waals surface area (Å²) in [6, 6.07) is 36.3. The van der Waals surface area contributed by atoms with Crippen LogP contribution in [0.5, 0.6) is 0 Å². The Morgan fingerprint density at radius 2 is 0.932 bits per heavy atom. The van der Waals surface area contributed by atoms with Crippen molar-refractivity contribution in [3.05, 3.63) is 162 Å². The summed E-state index contributed by atoms with van der Waals surface area (Å²) in [4.78, 5) is 0. The van der Waals surface area contributed by atoms with Crippen LogP contribution in [0.4, 0.5) is 8.78 Å². The summed E-state index contributed by atoms with van der Waals surface area (Å²) in [6.07, 6.45) is 4.73. The largest absolute Gasteiger partial charge is 1.00 e. The molecule has 0 aromatic heterocycles. The smallest absolute Gasteiger partial charge is 1.00 e. The first-order valence-corrected chi connectivity index (χ1v) is 22.2. The molecule has 222 valence electrons. The van der Waals surface area contributed by atoms with E-state index in [1.54, 1.807) is 18.7 Å². The van der Waals surface area contributed by atoms with E-state index in [1.807, 2.05) is 24.3 Å². The number of allylic oxidation sites excluding steroid dienone is 8. The van der Waals surface area contributed by atoms with Crippen molar-refractivity contribution in [2.45, 2.75) is 27.7 Å². The molecule has 0 bridgehead atoms. The maximum atomic E-state index is 14.4. The minimum Gasteiger partial charge on any atom is -1.00 e. The van der Waals surface area contributed by atoms with Gasteiger partial charge in [0.1, 0.15) is 0 Å². The van der Waals surface area contributed by atoms with Crippen molar-refractivity contribution in [1.82, 2.24) is 0 Å². The topological polar surface area (TPSA) is 0 Å². The standard InChI is InChI=1S/2C13H12F.C12H10Si.2ClH.Zr/c2*1-9-6-10(2)13(7-9)11-4-3-5-12(14)8-11;1-3-7-11(8-4-1)13-12-9-5-2-6-10-12;;;/h2*3-5,7-9H,1-2H3;1-10H;2*1H;/q;;;;;+2/p-2. The number of hydrogen-bond donors (Lipinski definition) is 0. The van der Waals surface area contributed by atoms with Crippen LogP contribution < -0.4 is 35.2 Å². The van der Waals surface area contributed by atoms with Gasteiger partial charge in [0.05, 0.1) is 0 Å². The minimum absolute atomic E-state index is 0. The zero-order valence-electron chi connectivity index (χ0n) is 25.2. The van der Waals surface area contributed by atoms with E-state index in [1.165, 1.54) is 44.8 Å². The van der Waals surface area contributed by atoms with Gasteiger partial charge in [0.2, 0.25) is 0 Å². The Labute approximate surface area is 280 Å². The number of halogens is 4. The van der Waals surface area contributed by atoms with Crippen molar-refractivity contribution in [3.63, 3.8) is 0 Å². The molecule has 2 atom stereocenters. The fourth-order valence-corrected chi connectivity index (χ4v) is 30.7. The first kappa shape index (κ1) is 34.3. The number of rotatable bonds is 6. The van der Waals surface area contributed by atoms with Crippen LogP contribution in [0, 0.1) is 23.5 Å². The van der Waals surface area contributed by atoms with Gasteiger partial charge in [-0.2, -0.15) is 0 Å². The summed E-state index contributed by atoms with van der Waals surface area (Å²) in [5, 5.41) is 2.89.